The Morgan fingerprint density at radius 3 is 1.28 bits per heavy atom. The number of allylic oxidation sites excluding steroid dienone is 3. The molecule has 8 nitrogen and oxygen atoms in total. The van der Waals surface area contributed by atoms with Crippen molar-refractivity contribution in [3.63, 3.8) is 0 Å². The van der Waals surface area contributed by atoms with Gasteiger partial charge in [0.05, 0.1) is 25.4 Å². The second-order valence-electron chi connectivity index (χ2n) is 17.7. The molecule has 3 atom stereocenters. The summed E-state index contributed by atoms with van der Waals surface area (Å²) in [4.78, 5) is 22.8. The van der Waals surface area contributed by atoms with Crippen LogP contribution in [0.4, 0.5) is 0 Å². The van der Waals surface area contributed by atoms with E-state index in [1.54, 1.807) is 6.08 Å². The second-order valence-corrected chi connectivity index (χ2v) is 19.2. The summed E-state index contributed by atoms with van der Waals surface area (Å²) in [5.41, 5.74) is 5.39. The van der Waals surface area contributed by atoms with Crippen LogP contribution < -0.4 is 11.1 Å². The minimum atomic E-state index is -4.35. The van der Waals surface area contributed by atoms with Gasteiger partial charge in [-0.3, -0.25) is 13.8 Å². The number of aliphatic hydroxyl groups is 1. The summed E-state index contributed by atoms with van der Waals surface area (Å²) in [5, 5.41) is 13.7. The molecule has 3 unspecified atom stereocenters. The van der Waals surface area contributed by atoms with E-state index in [1.807, 2.05) is 6.08 Å². The van der Waals surface area contributed by atoms with Gasteiger partial charge in [0.1, 0.15) is 0 Å². The fraction of sp³-hybridized carbons (Fsp3) is 0.902. The second kappa shape index (κ2) is 47.5. The third-order valence-electron chi connectivity index (χ3n) is 11.8. The van der Waals surface area contributed by atoms with Crippen LogP contribution in [0.15, 0.2) is 24.3 Å². The Hall–Kier alpha value is -1.02. The lowest BCUT2D eigenvalue weighted by Gasteiger charge is -2.23. The maximum Gasteiger partial charge on any atom is 0.472 e. The largest absolute Gasteiger partial charge is 0.472 e. The van der Waals surface area contributed by atoms with Crippen molar-refractivity contribution in [2.24, 2.45) is 5.73 Å². The number of hydrogen-bond donors (Lipinski definition) is 4. The average Bonchev–Trinajstić information content (AvgIpc) is 3.24. The zero-order chi connectivity index (χ0) is 43.9. The highest BCUT2D eigenvalue weighted by Gasteiger charge is 2.26. The SMILES string of the molecule is CCCCCCCCCCCCCCCC/C=C/CC/C=C/C(O)C(COP(=O)(O)OCCN)NC(=O)CCCCCCCCCCCCCCCCCCCCCCC. The van der Waals surface area contributed by atoms with Gasteiger partial charge in [-0.2, -0.15) is 0 Å². The van der Waals surface area contributed by atoms with Gasteiger partial charge in [-0.1, -0.05) is 250 Å². The first-order chi connectivity index (χ1) is 29.4. The van der Waals surface area contributed by atoms with E-state index in [9.17, 15) is 19.4 Å². The van der Waals surface area contributed by atoms with Gasteiger partial charge < -0.3 is 21.1 Å². The Morgan fingerprint density at radius 2 is 0.883 bits per heavy atom. The number of hydrogen-bond acceptors (Lipinski definition) is 6. The summed E-state index contributed by atoms with van der Waals surface area (Å²) in [6.45, 7) is 4.16. The number of nitrogens with one attached hydrogen (secondary N) is 1. The van der Waals surface area contributed by atoms with E-state index in [0.29, 0.717) is 6.42 Å². The van der Waals surface area contributed by atoms with Crippen LogP contribution in [0.2, 0.25) is 0 Å². The fourth-order valence-electron chi connectivity index (χ4n) is 7.86. The summed E-state index contributed by atoms with van der Waals surface area (Å²) < 4.78 is 22.2. The Balaban J connectivity index is 4.10. The highest BCUT2D eigenvalue weighted by Crippen LogP contribution is 2.43. The number of phosphoric acid groups is 1. The standard InChI is InChI=1S/C51H101N2O6P/c1-3-5-7-9-11-13-15-17-19-21-23-25-27-29-31-33-35-37-39-41-43-45-51(55)53-49(48-59-60(56,57)58-47-46-52)50(54)44-42-40-38-36-34-32-30-28-26-24-22-20-18-16-14-12-10-8-6-4-2/h34,36,42,44,49-50,54H,3-33,35,37-41,43,45-48,52H2,1-2H3,(H,53,55)(H,56,57)/b36-34+,44-42+. The van der Waals surface area contributed by atoms with Crippen LogP contribution in [0.5, 0.6) is 0 Å². The molecule has 0 spiro atoms. The topological polar surface area (TPSA) is 131 Å². The summed E-state index contributed by atoms with van der Waals surface area (Å²) in [5.74, 6) is -0.198. The minimum Gasteiger partial charge on any atom is -0.387 e. The van der Waals surface area contributed by atoms with Crippen LogP contribution in [0.1, 0.15) is 264 Å². The number of nitrogens with two attached hydrogens (primary N) is 1. The van der Waals surface area contributed by atoms with Crippen LogP contribution >= 0.6 is 7.82 Å². The van der Waals surface area contributed by atoms with Gasteiger partial charge in [0.2, 0.25) is 5.91 Å². The van der Waals surface area contributed by atoms with Gasteiger partial charge in [0.25, 0.3) is 0 Å². The predicted molar refractivity (Wildman–Crippen MR) is 258 cm³/mol. The molecule has 0 aliphatic heterocycles. The van der Waals surface area contributed by atoms with Gasteiger partial charge in [0, 0.05) is 13.0 Å². The molecule has 0 bridgehead atoms. The maximum atomic E-state index is 12.8. The molecule has 0 rings (SSSR count). The number of carbonyl (C=O) groups is 1. The van der Waals surface area contributed by atoms with Crippen LogP contribution in [-0.4, -0.2) is 47.8 Å². The molecular formula is C51H101N2O6P. The highest BCUT2D eigenvalue weighted by atomic mass is 31.2. The van der Waals surface area contributed by atoms with E-state index >= 15 is 0 Å². The van der Waals surface area contributed by atoms with Crippen molar-refractivity contribution in [3.05, 3.63) is 24.3 Å². The quantitative estimate of drug-likeness (QED) is 0.0272. The van der Waals surface area contributed by atoms with Crippen molar-refractivity contribution in [1.29, 1.82) is 0 Å². The molecule has 60 heavy (non-hydrogen) atoms. The first-order valence-electron chi connectivity index (χ1n) is 26.0. The van der Waals surface area contributed by atoms with Crippen molar-refractivity contribution in [2.45, 2.75) is 276 Å². The normalized spacial score (nSPS) is 14.0. The van der Waals surface area contributed by atoms with Crippen molar-refractivity contribution in [2.75, 3.05) is 19.8 Å². The van der Waals surface area contributed by atoms with Crippen molar-refractivity contribution in [3.8, 4) is 0 Å². The van der Waals surface area contributed by atoms with E-state index in [4.69, 9.17) is 14.8 Å². The molecular weight excluding hydrogens is 768 g/mol. The Bertz CT molecular complexity index is 995. The molecule has 5 N–H and O–H groups in total. The minimum absolute atomic E-state index is 0.0762. The molecule has 0 radical (unpaired) electrons. The van der Waals surface area contributed by atoms with Crippen molar-refractivity contribution in [1.82, 2.24) is 5.32 Å². The lowest BCUT2D eigenvalue weighted by Crippen LogP contribution is -2.45. The van der Waals surface area contributed by atoms with E-state index in [2.05, 4.69) is 31.3 Å². The zero-order valence-electron chi connectivity index (χ0n) is 39.7. The zero-order valence-corrected chi connectivity index (χ0v) is 40.6. The first kappa shape index (κ1) is 59.0. The van der Waals surface area contributed by atoms with E-state index in [1.165, 1.54) is 205 Å². The molecule has 0 aliphatic carbocycles. The molecule has 0 fully saturated rings. The molecule has 0 saturated carbocycles. The Labute approximate surface area is 372 Å². The molecule has 0 aromatic rings. The smallest absolute Gasteiger partial charge is 0.387 e. The van der Waals surface area contributed by atoms with Gasteiger partial charge in [-0.05, 0) is 32.1 Å². The maximum absolute atomic E-state index is 12.8. The Morgan fingerprint density at radius 1 is 0.533 bits per heavy atom. The number of rotatable bonds is 49. The molecule has 0 aliphatic rings. The number of aliphatic hydroxyl groups excluding tert-OH is 1. The molecule has 0 heterocycles. The molecule has 0 saturated heterocycles. The van der Waals surface area contributed by atoms with E-state index in [0.717, 1.165) is 38.5 Å². The van der Waals surface area contributed by atoms with Crippen molar-refractivity contribution < 1.29 is 28.4 Å². The molecule has 0 aromatic carbocycles. The summed E-state index contributed by atoms with van der Waals surface area (Å²) in [7, 11) is -4.35. The van der Waals surface area contributed by atoms with Crippen LogP contribution in [0.3, 0.4) is 0 Å². The number of carbonyl (C=O) groups excluding carboxylic acids is 1. The van der Waals surface area contributed by atoms with E-state index < -0.39 is 20.0 Å². The number of unbranched alkanes of at least 4 members (excludes halogenated alkanes) is 35. The van der Waals surface area contributed by atoms with Gasteiger partial charge >= 0.3 is 7.82 Å². The number of amides is 1. The Kier molecular flexibility index (Phi) is 46.7. The number of phosphoric ester groups is 1. The predicted octanol–water partition coefficient (Wildman–Crippen LogP) is 15.3. The van der Waals surface area contributed by atoms with E-state index in [-0.39, 0.29) is 25.7 Å². The third kappa shape index (κ3) is 45.0. The summed E-state index contributed by atoms with van der Waals surface area (Å²) in [6, 6.07) is -0.874. The third-order valence-corrected chi connectivity index (χ3v) is 12.8. The van der Waals surface area contributed by atoms with Crippen LogP contribution in [-0.2, 0) is 18.4 Å². The summed E-state index contributed by atoms with van der Waals surface area (Å²) in [6.07, 6.45) is 56.8. The fourth-order valence-corrected chi connectivity index (χ4v) is 8.62. The molecule has 0 aromatic heterocycles. The highest BCUT2D eigenvalue weighted by molar-refractivity contribution is 7.47. The first-order valence-corrected chi connectivity index (χ1v) is 27.5. The molecule has 1 amide bonds. The molecule has 356 valence electrons. The van der Waals surface area contributed by atoms with Crippen LogP contribution in [0, 0.1) is 0 Å². The average molecular weight is 869 g/mol. The van der Waals surface area contributed by atoms with Gasteiger partial charge in [0.15, 0.2) is 0 Å². The van der Waals surface area contributed by atoms with Gasteiger partial charge in [-0.15, -0.1) is 0 Å². The summed E-state index contributed by atoms with van der Waals surface area (Å²) >= 11 is 0. The monoisotopic (exact) mass is 869 g/mol. The molecule has 9 heteroatoms. The lowest BCUT2D eigenvalue weighted by molar-refractivity contribution is -0.123. The lowest BCUT2D eigenvalue weighted by atomic mass is 10.0. The van der Waals surface area contributed by atoms with Gasteiger partial charge in [-0.25, -0.2) is 4.57 Å². The van der Waals surface area contributed by atoms with Crippen LogP contribution in [0.25, 0.3) is 0 Å². The van der Waals surface area contributed by atoms with Crippen molar-refractivity contribution >= 4 is 13.7 Å².